The molecule has 0 radical (unpaired) electrons. The number of nitrogens with zero attached hydrogens (tertiary/aromatic N) is 2. The molecule has 36 heavy (non-hydrogen) atoms. The zero-order valence-corrected chi connectivity index (χ0v) is 20.9. The highest BCUT2D eigenvalue weighted by Crippen LogP contribution is 2.36. The minimum absolute atomic E-state index is 0.0486. The number of amides is 2. The van der Waals surface area contributed by atoms with Gasteiger partial charge in [-0.1, -0.05) is 19.1 Å². The molecule has 1 atom stereocenters. The number of hydrogen-bond acceptors (Lipinski definition) is 6. The van der Waals surface area contributed by atoms with Crippen LogP contribution in [0.5, 0.6) is 11.5 Å². The van der Waals surface area contributed by atoms with Gasteiger partial charge in [0.1, 0.15) is 17.3 Å². The van der Waals surface area contributed by atoms with E-state index in [1.165, 1.54) is 6.92 Å². The van der Waals surface area contributed by atoms with Crippen molar-refractivity contribution in [2.45, 2.75) is 39.2 Å². The zero-order chi connectivity index (χ0) is 25.7. The van der Waals surface area contributed by atoms with Gasteiger partial charge in [-0.3, -0.25) is 9.59 Å². The fraction of sp³-hybridized carbons (Fsp3) is 0.321. The number of pyridine rings is 1. The van der Waals surface area contributed by atoms with E-state index in [1.807, 2.05) is 43.3 Å². The number of nitrogens with one attached hydrogen (secondary N) is 2. The summed E-state index contributed by atoms with van der Waals surface area (Å²) in [6.07, 6.45) is 2.00. The van der Waals surface area contributed by atoms with E-state index < -0.39 is 0 Å². The molecule has 1 saturated heterocycles. The van der Waals surface area contributed by atoms with E-state index in [0.717, 1.165) is 42.1 Å². The van der Waals surface area contributed by atoms with E-state index >= 15 is 0 Å². The predicted molar refractivity (Wildman–Crippen MR) is 141 cm³/mol. The molecule has 3 N–H and O–H groups in total. The molecule has 4 rings (SSSR count). The van der Waals surface area contributed by atoms with Crippen LogP contribution in [0.3, 0.4) is 0 Å². The Bertz CT molecular complexity index is 1260. The standard InChI is InChI=1S/C28H32N4O4/c1-4-6-28(35)30-21-9-10-26(34)24(16-21)25-14-20(19-7-5-8-23(13-19)36-3)15-27(31-25)32-12-11-22(17-32)29-18(2)33/h5,7-10,13-16,22,34H,4,6,11-12,17H2,1-3H3,(H,29,33)(H,30,35). The first-order valence-corrected chi connectivity index (χ1v) is 12.2. The van der Waals surface area contributed by atoms with Gasteiger partial charge in [0.25, 0.3) is 0 Å². The van der Waals surface area contributed by atoms with Gasteiger partial charge in [-0.25, -0.2) is 4.98 Å². The molecular weight excluding hydrogens is 456 g/mol. The van der Waals surface area contributed by atoms with Crippen LogP contribution in [0.4, 0.5) is 11.5 Å². The van der Waals surface area contributed by atoms with Crippen molar-refractivity contribution in [1.29, 1.82) is 0 Å². The number of carbonyl (C=O) groups excluding carboxylic acids is 2. The van der Waals surface area contributed by atoms with Gasteiger partial charge in [-0.2, -0.15) is 0 Å². The molecule has 1 unspecified atom stereocenters. The van der Waals surface area contributed by atoms with Crippen molar-refractivity contribution in [3.63, 3.8) is 0 Å². The molecule has 2 heterocycles. The maximum absolute atomic E-state index is 12.1. The average molecular weight is 489 g/mol. The number of anilines is 2. The Balaban J connectivity index is 1.76. The topological polar surface area (TPSA) is 104 Å². The van der Waals surface area contributed by atoms with E-state index in [9.17, 15) is 14.7 Å². The van der Waals surface area contributed by atoms with Crippen molar-refractivity contribution < 1.29 is 19.4 Å². The molecule has 1 aromatic heterocycles. The second-order valence-corrected chi connectivity index (χ2v) is 8.99. The Morgan fingerprint density at radius 2 is 1.97 bits per heavy atom. The first-order valence-electron chi connectivity index (χ1n) is 12.2. The lowest BCUT2D eigenvalue weighted by Gasteiger charge is -2.20. The largest absolute Gasteiger partial charge is 0.507 e. The molecule has 0 bridgehead atoms. The van der Waals surface area contributed by atoms with Crippen LogP contribution in [0.1, 0.15) is 33.1 Å². The van der Waals surface area contributed by atoms with Crippen LogP contribution >= 0.6 is 0 Å². The minimum Gasteiger partial charge on any atom is -0.507 e. The molecule has 1 aliphatic rings. The van der Waals surface area contributed by atoms with Crippen LogP contribution in [0.2, 0.25) is 0 Å². The summed E-state index contributed by atoms with van der Waals surface area (Å²) in [5.41, 5.74) is 3.56. The molecule has 2 amide bonds. The predicted octanol–water partition coefficient (Wildman–Crippen LogP) is 4.58. The van der Waals surface area contributed by atoms with Crippen molar-refractivity contribution in [2.24, 2.45) is 0 Å². The molecule has 0 saturated carbocycles. The van der Waals surface area contributed by atoms with Crippen molar-refractivity contribution in [2.75, 3.05) is 30.4 Å². The highest BCUT2D eigenvalue weighted by molar-refractivity contribution is 5.92. The molecule has 2 aromatic carbocycles. The van der Waals surface area contributed by atoms with Crippen molar-refractivity contribution in [3.8, 4) is 33.9 Å². The molecule has 8 heteroatoms. The summed E-state index contributed by atoms with van der Waals surface area (Å²) in [5, 5.41) is 16.6. The Morgan fingerprint density at radius 3 is 2.72 bits per heavy atom. The number of carbonyl (C=O) groups is 2. The smallest absolute Gasteiger partial charge is 0.224 e. The summed E-state index contributed by atoms with van der Waals surface area (Å²) in [7, 11) is 1.63. The van der Waals surface area contributed by atoms with Crippen LogP contribution in [0.15, 0.2) is 54.6 Å². The lowest BCUT2D eigenvalue weighted by atomic mass is 10.0. The number of methoxy groups -OCH3 is 1. The number of aromatic hydroxyl groups is 1. The second kappa shape index (κ2) is 11.1. The Morgan fingerprint density at radius 1 is 1.14 bits per heavy atom. The number of rotatable bonds is 8. The number of phenolic OH excluding ortho intramolecular Hbond substituents is 1. The first-order chi connectivity index (χ1) is 17.4. The molecule has 0 spiro atoms. The van der Waals surface area contributed by atoms with E-state index in [2.05, 4.69) is 15.5 Å². The van der Waals surface area contributed by atoms with Gasteiger partial charge in [-0.05, 0) is 66.4 Å². The summed E-state index contributed by atoms with van der Waals surface area (Å²) in [4.78, 5) is 30.7. The SMILES string of the molecule is CCCC(=O)Nc1ccc(O)c(-c2cc(-c3cccc(OC)c3)cc(N3CCC(NC(C)=O)C3)n2)c1. The van der Waals surface area contributed by atoms with Gasteiger partial charge in [0, 0.05) is 43.7 Å². The maximum atomic E-state index is 12.1. The minimum atomic E-state index is -0.0750. The Kier molecular flexibility index (Phi) is 7.73. The molecular formula is C28H32N4O4. The molecule has 3 aromatic rings. The lowest BCUT2D eigenvalue weighted by molar-refractivity contribution is -0.119. The van der Waals surface area contributed by atoms with Gasteiger partial charge < -0.3 is 25.4 Å². The van der Waals surface area contributed by atoms with E-state index in [-0.39, 0.29) is 23.6 Å². The third kappa shape index (κ3) is 5.94. The monoisotopic (exact) mass is 488 g/mol. The normalized spacial score (nSPS) is 15.0. The van der Waals surface area contributed by atoms with Crippen molar-refractivity contribution in [3.05, 3.63) is 54.6 Å². The first kappa shape index (κ1) is 25.0. The number of aromatic nitrogens is 1. The summed E-state index contributed by atoms with van der Waals surface area (Å²) in [6, 6.07) is 16.7. The van der Waals surface area contributed by atoms with Gasteiger partial charge in [0.2, 0.25) is 11.8 Å². The van der Waals surface area contributed by atoms with E-state index in [0.29, 0.717) is 29.9 Å². The third-order valence-electron chi connectivity index (χ3n) is 6.17. The van der Waals surface area contributed by atoms with Gasteiger partial charge in [0.05, 0.1) is 12.8 Å². The summed E-state index contributed by atoms with van der Waals surface area (Å²) < 4.78 is 5.42. The van der Waals surface area contributed by atoms with Gasteiger partial charge >= 0.3 is 0 Å². The zero-order valence-electron chi connectivity index (χ0n) is 20.9. The molecule has 0 aliphatic carbocycles. The quantitative estimate of drug-likeness (QED) is 0.401. The third-order valence-corrected chi connectivity index (χ3v) is 6.17. The van der Waals surface area contributed by atoms with Gasteiger partial charge in [0.15, 0.2) is 0 Å². The number of benzene rings is 2. The summed E-state index contributed by atoms with van der Waals surface area (Å²) >= 11 is 0. The fourth-order valence-electron chi connectivity index (χ4n) is 4.43. The Labute approximate surface area is 211 Å². The number of phenols is 1. The lowest BCUT2D eigenvalue weighted by Crippen LogP contribution is -2.35. The van der Waals surface area contributed by atoms with Crippen molar-refractivity contribution >= 4 is 23.3 Å². The van der Waals surface area contributed by atoms with Crippen LogP contribution in [0.25, 0.3) is 22.4 Å². The van der Waals surface area contributed by atoms with Gasteiger partial charge in [-0.15, -0.1) is 0 Å². The number of ether oxygens (including phenoxy) is 1. The molecule has 1 fully saturated rings. The van der Waals surface area contributed by atoms with Crippen molar-refractivity contribution in [1.82, 2.24) is 10.3 Å². The summed E-state index contributed by atoms with van der Waals surface area (Å²) in [5.74, 6) is 1.43. The van der Waals surface area contributed by atoms with Crippen LogP contribution in [-0.2, 0) is 9.59 Å². The number of hydrogen-bond donors (Lipinski definition) is 3. The maximum Gasteiger partial charge on any atom is 0.224 e. The second-order valence-electron chi connectivity index (χ2n) is 8.99. The summed E-state index contributed by atoms with van der Waals surface area (Å²) in [6.45, 7) is 4.87. The fourth-order valence-corrected chi connectivity index (χ4v) is 4.43. The van der Waals surface area contributed by atoms with E-state index in [4.69, 9.17) is 9.72 Å². The van der Waals surface area contributed by atoms with Crippen LogP contribution < -0.4 is 20.3 Å². The molecule has 8 nitrogen and oxygen atoms in total. The highest BCUT2D eigenvalue weighted by atomic mass is 16.5. The van der Waals surface area contributed by atoms with Crippen LogP contribution in [-0.4, -0.2) is 48.1 Å². The van der Waals surface area contributed by atoms with Crippen LogP contribution in [0, 0.1) is 0 Å². The molecule has 1 aliphatic heterocycles. The molecule has 188 valence electrons. The Hall–Kier alpha value is -4.07. The average Bonchev–Trinajstić information content (AvgIpc) is 3.33. The highest BCUT2D eigenvalue weighted by Gasteiger charge is 2.25. The van der Waals surface area contributed by atoms with E-state index in [1.54, 1.807) is 25.3 Å².